The lowest BCUT2D eigenvalue weighted by atomic mass is 10.2. The second-order valence-corrected chi connectivity index (χ2v) is 8.27. The highest BCUT2D eigenvalue weighted by Gasteiger charge is 2.30. The lowest BCUT2D eigenvalue weighted by Gasteiger charge is -2.13. The summed E-state index contributed by atoms with van der Waals surface area (Å²) >= 11 is 0. The summed E-state index contributed by atoms with van der Waals surface area (Å²) in [6.45, 7) is 0.205. The SMILES string of the molecule is COc1ccc(NC(=O)C2CC2)cc1.Cc1ncc(OCC(F)(F)F)c(Nc2n[nH]c3ccccc23)n1. The lowest BCUT2D eigenvalue weighted by Crippen LogP contribution is -2.20. The Kier molecular flexibility index (Phi) is 7.75. The monoisotopic (exact) mass is 514 g/mol. The topological polar surface area (TPSA) is 114 Å². The van der Waals surface area contributed by atoms with E-state index in [1.807, 2.05) is 48.5 Å². The van der Waals surface area contributed by atoms with E-state index in [9.17, 15) is 18.0 Å². The van der Waals surface area contributed by atoms with Crippen LogP contribution in [0.1, 0.15) is 18.7 Å². The lowest BCUT2D eigenvalue weighted by molar-refractivity contribution is -0.153. The van der Waals surface area contributed by atoms with Crippen LogP contribution in [0.15, 0.2) is 54.7 Å². The molecule has 0 aliphatic heterocycles. The van der Waals surface area contributed by atoms with Crippen molar-refractivity contribution in [1.82, 2.24) is 20.2 Å². The Morgan fingerprint density at radius 2 is 1.84 bits per heavy atom. The normalized spacial score (nSPS) is 12.9. The second kappa shape index (κ2) is 11.1. The number of carbonyl (C=O) groups is 1. The molecule has 2 aromatic heterocycles. The van der Waals surface area contributed by atoms with Gasteiger partial charge in [0.05, 0.1) is 18.8 Å². The molecule has 5 rings (SSSR count). The van der Waals surface area contributed by atoms with Crippen LogP contribution in [0.3, 0.4) is 0 Å². The van der Waals surface area contributed by atoms with Crippen molar-refractivity contribution in [2.75, 3.05) is 24.4 Å². The van der Waals surface area contributed by atoms with E-state index in [1.54, 1.807) is 14.0 Å². The Labute approximate surface area is 210 Å². The molecular formula is C25H25F3N6O3. The molecule has 1 fully saturated rings. The summed E-state index contributed by atoms with van der Waals surface area (Å²) in [4.78, 5) is 19.3. The van der Waals surface area contributed by atoms with Crippen molar-refractivity contribution >= 4 is 34.1 Å². The summed E-state index contributed by atoms with van der Waals surface area (Å²) in [6, 6.07) is 14.7. The molecule has 1 saturated carbocycles. The zero-order chi connectivity index (χ0) is 26.4. The predicted molar refractivity (Wildman–Crippen MR) is 132 cm³/mol. The van der Waals surface area contributed by atoms with E-state index in [0.717, 1.165) is 35.2 Å². The molecule has 1 aliphatic carbocycles. The molecule has 3 N–H and O–H groups in total. The van der Waals surface area contributed by atoms with Crippen LogP contribution in [0.5, 0.6) is 11.5 Å². The average Bonchev–Trinajstić information content (AvgIpc) is 3.66. The zero-order valence-electron chi connectivity index (χ0n) is 20.1. The van der Waals surface area contributed by atoms with Crippen LogP contribution < -0.4 is 20.1 Å². The first-order valence-electron chi connectivity index (χ1n) is 11.4. The summed E-state index contributed by atoms with van der Waals surface area (Å²) in [5.74, 6) is 2.04. The first-order chi connectivity index (χ1) is 17.7. The minimum atomic E-state index is -4.44. The molecule has 0 saturated heterocycles. The summed E-state index contributed by atoms with van der Waals surface area (Å²) < 4.78 is 46.8. The molecule has 37 heavy (non-hydrogen) atoms. The van der Waals surface area contributed by atoms with E-state index in [4.69, 9.17) is 9.47 Å². The van der Waals surface area contributed by atoms with Gasteiger partial charge in [-0.15, -0.1) is 0 Å². The molecule has 1 amide bonds. The minimum Gasteiger partial charge on any atom is -0.497 e. The van der Waals surface area contributed by atoms with Crippen molar-refractivity contribution in [3.8, 4) is 11.5 Å². The van der Waals surface area contributed by atoms with Crippen molar-refractivity contribution in [1.29, 1.82) is 0 Å². The number of methoxy groups -OCH3 is 1. The molecular weight excluding hydrogens is 489 g/mol. The van der Waals surface area contributed by atoms with Crippen molar-refractivity contribution in [3.05, 3.63) is 60.6 Å². The van der Waals surface area contributed by atoms with Crippen LogP contribution in [0.2, 0.25) is 0 Å². The van der Waals surface area contributed by atoms with Gasteiger partial charge in [-0.25, -0.2) is 9.97 Å². The molecule has 0 bridgehead atoms. The number of nitrogens with one attached hydrogen (secondary N) is 3. The summed E-state index contributed by atoms with van der Waals surface area (Å²) in [5.41, 5.74) is 1.63. The molecule has 194 valence electrons. The maximum Gasteiger partial charge on any atom is 0.422 e. The second-order valence-electron chi connectivity index (χ2n) is 8.27. The number of amides is 1. The number of nitrogens with zero attached hydrogens (tertiary/aromatic N) is 3. The van der Waals surface area contributed by atoms with Gasteiger partial charge in [0.2, 0.25) is 5.91 Å². The molecule has 0 unspecified atom stereocenters. The maximum absolute atomic E-state index is 12.3. The Bertz CT molecular complexity index is 1350. The van der Waals surface area contributed by atoms with Gasteiger partial charge in [-0.05, 0) is 56.2 Å². The fourth-order valence-corrected chi connectivity index (χ4v) is 3.25. The van der Waals surface area contributed by atoms with Crippen LogP contribution in [0, 0.1) is 12.8 Å². The molecule has 4 aromatic rings. The van der Waals surface area contributed by atoms with Crippen LogP contribution in [0.25, 0.3) is 10.9 Å². The van der Waals surface area contributed by atoms with Crippen LogP contribution in [-0.2, 0) is 4.79 Å². The van der Waals surface area contributed by atoms with E-state index in [-0.39, 0.29) is 23.4 Å². The highest BCUT2D eigenvalue weighted by Crippen LogP contribution is 2.31. The number of aryl methyl sites for hydroxylation is 1. The van der Waals surface area contributed by atoms with Crippen LogP contribution in [-0.4, -0.2) is 46.0 Å². The van der Waals surface area contributed by atoms with E-state index in [1.165, 1.54) is 6.20 Å². The molecule has 0 spiro atoms. The van der Waals surface area contributed by atoms with Gasteiger partial charge in [0, 0.05) is 17.0 Å². The average molecular weight is 515 g/mol. The molecule has 2 aromatic carbocycles. The van der Waals surface area contributed by atoms with Gasteiger partial charge in [-0.1, -0.05) is 12.1 Å². The van der Waals surface area contributed by atoms with E-state index in [2.05, 4.69) is 30.8 Å². The standard InChI is InChI=1S/C14H12F3N5O.C11H13NO2/c1-8-18-6-11(23-7-14(15,16)17)13(19-8)20-12-9-4-2-3-5-10(9)21-22-12;1-14-10-6-4-9(5-7-10)12-11(13)8-2-3-8/h2-6H,7H2,1H3,(H2,18,19,20,21,22);4-8H,2-3H2,1H3,(H,12,13). The Morgan fingerprint density at radius 3 is 2.51 bits per heavy atom. The molecule has 1 aliphatic rings. The number of hydrogen-bond acceptors (Lipinski definition) is 7. The smallest absolute Gasteiger partial charge is 0.422 e. The summed E-state index contributed by atoms with van der Waals surface area (Å²) in [7, 11) is 1.62. The minimum absolute atomic E-state index is 0.0972. The van der Waals surface area contributed by atoms with Crippen molar-refractivity contribution in [2.24, 2.45) is 5.92 Å². The fourth-order valence-electron chi connectivity index (χ4n) is 3.25. The quantitative estimate of drug-likeness (QED) is 0.303. The van der Waals surface area contributed by atoms with Crippen LogP contribution in [0.4, 0.5) is 30.5 Å². The number of anilines is 3. The van der Waals surface area contributed by atoms with Gasteiger partial charge in [-0.3, -0.25) is 9.89 Å². The highest BCUT2D eigenvalue weighted by atomic mass is 19.4. The van der Waals surface area contributed by atoms with Crippen molar-refractivity contribution in [3.63, 3.8) is 0 Å². The number of aromatic amines is 1. The number of fused-ring (bicyclic) bond motifs is 1. The van der Waals surface area contributed by atoms with Gasteiger partial charge in [0.25, 0.3) is 0 Å². The number of H-pyrrole nitrogens is 1. The third-order valence-electron chi connectivity index (χ3n) is 5.28. The number of aromatic nitrogens is 4. The first kappa shape index (κ1) is 25.7. The number of para-hydroxylation sites is 1. The molecule has 0 atom stereocenters. The third-order valence-corrected chi connectivity index (χ3v) is 5.28. The van der Waals surface area contributed by atoms with E-state index < -0.39 is 12.8 Å². The molecule has 0 radical (unpaired) electrons. The maximum atomic E-state index is 12.3. The highest BCUT2D eigenvalue weighted by molar-refractivity contribution is 5.94. The van der Waals surface area contributed by atoms with E-state index in [0.29, 0.717) is 11.6 Å². The van der Waals surface area contributed by atoms with Gasteiger partial charge in [0.15, 0.2) is 24.0 Å². The number of alkyl halides is 3. The number of carbonyl (C=O) groups excluding carboxylic acids is 1. The third kappa shape index (κ3) is 7.32. The Hall–Kier alpha value is -4.35. The fraction of sp³-hybridized carbons (Fsp3) is 0.280. The number of hydrogen-bond donors (Lipinski definition) is 3. The van der Waals surface area contributed by atoms with Gasteiger partial charge in [-0.2, -0.15) is 18.3 Å². The number of ether oxygens (including phenoxy) is 2. The number of benzene rings is 2. The number of halogens is 3. The number of rotatable bonds is 7. The van der Waals surface area contributed by atoms with Crippen LogP contribution >= 0.6 is 0 Å². The first-order valence-corrected chi connectivity index (χ1v) is 11.4. The predicted octanol–water partition coefficient (Wildman–Crippen LogP) is 5.39. The van der Waals surface area contributed by atoms with Crippen molar-refractivity contribution < 1.29 is 27.4 Å². The van der Waals surface area contributed by atoms with Gasteiger partial charge < -0.3 is 20.1 Å². The van der Waals surface area contributed by atoms with Gasteiger partial charge >= 0.3 is 6.18 Å². The Morgan fingerprint density at radius 1 is 1.11 bits per heavy atom. The van der Waals surface area contributed by atoms with Crippen molar-refractivity contribution in [2.45, 2.75) is 25.9 Å². The largest absolute Gasteiger partial charge is 0.497 e. The Balaban J connectivity index is 0.000000195. The summed E-state index contributed by atoms with van der Waals surface area (Å²) in [5, 5.41) is 13.4. The van der Waals surface area contributed by atoms with Gasteiger partial charge in [0.1, 0.15) is 11.6 Å². The molecule has 2 heterocycles. The van der Waals surface area contributed by atoms with E-state index >= 15 is 0 Å². The summed E-state index contributed by atoms with van der Waals surface area (Å²) in [6.07, 6.45) is -1.18. The molecule has 12 heteroatoms. The molecule has 9 nitrogen and oxygen atoms in total. The zero-order valence-corrected chi connectivity index (χ0v) is 20.1.